The van der Waals surface area contributed by atoms with Gasteiger partial charge in [0.25, 0.3) is 0 Å². The number of fused-ring (bicyclic) bond motifs is 1. The summed E-state index contributed by atoms with van der Waals surface area (Å²) in [5.74, 6) is -2.27. The first kappa shape index (κ1) is 24.4. The molecule has 178 valence electrons. The number of hydrogen-bond donors (Lipinski definition) is 4. The van der Waals surface area contributed by atoms with Crippen LogP contribution in [0.25, 0.3) is 11.0 Å². The van der Waals surface area contributed by atoms with Crippen molar-refractivity contribution in [3.63, 3.8) is 0 Å². The smallest absolute Gasteiger partial charge is 0.434 e. The fraction of sp³-hybridized carbons (Fsp3) is 0.368. The summed E-state index contributed by atoms with van der Waals surface area (Å²) in [6, 6.07) is 1.99. The number of nitrogens with one attached hydrogen (secondary N) is 2. The molecule has 0 bridgehead atoms. The molecule has 0 spiro atoms. The van der Waals surface area contributed by atoms with Gasteiger partial charge in [0.05, 0.1) is 28.6 Å². The van der Waals surface area contributed by atoms with Gasteiger partial charge >= 0.3 is 12.1 Å². The van der Waals surface area contributed by atoms with Gasteiger partial charge < -0.3 is 20.5 Å². The Morgan fingerprint density at radius 2 is 1.91 bits per heavy atom. The first-order valence-electron chi connectivity index (χ1n) is 9.50. The number of hydrogen-bond acceptors (Lipinski definition) is 8. The number of imidazole rings is 1. The molecule has 0 fully saturated rings. The number of aliphatic hydroxyl groups is 1. The van der Waals surface area contributed by atoms with Gasteiger partial charge in [0.2, 0.25) is 5.95 Å². The number of carboxylic acids is 1. The van der Waals surface area contributed by atoms with Crippen LogP contribution in [0.15, 0.2) is 23.2 Å². The summed E-state index contributed by atoms with van der Waals surface area (Å²) in [5.41, 5.74) is -1.83. The number of anilines is 1. The van der Waals surface area contributed by atoms with Crippen LogP contribution in [0.5, 0.6) is 0 Å². The lowest BCUT2D eigenvalue weighted by atomic mass is 10.0. The SMILES string of the molecule is CC(C)[C@@H](Nc1ncc(C(=O)O)c(C(F)(F)F)n1)c1nc2cc(S(C)(=O)=O)c(CO)cc2[nH]1. The van der Waals surface area contributed by atoms with E-state index < -0.39 is 51.8 Å². The molecule has 3 aromatic rings. The number of aromatic nitrogens is 4. The Morgan fingerprint density at radius 3 is 2.42 bits per heavy atom. The number of nitrogens with zero attached hydrogens (tertiary/aromatic N) is 3. The maximum atomic E-state index is 13.3. The molecule has 0 saturated heterocycles. The second-order valence-electron chi connectivity index (χ2n) is 7.65. The predicted molar refractivity (Wildman–Crippen MR) is 110 cm³/mol. The second-order valence-corrected chi connectivity index (χ2v) is 9.64. The Morgan fingerprint density at radius 1 is 1.24 bits per heavy atom. The average Bonchev–Trinajstić information content (AvgIpc) is 3.11. The van der Waals surface area contributed by atoms with Crippen molar-refractivity contribution < 1.29 is 36.6 Å². The van der Waals surface area contributed by atoms with Crippen molar-refractivity contribution in [3.05, 3.63) is 41.0 Å². The van der Waals surface area contributed by atoms with Gasteiger partial charge in [0.15, 0.2) is 15.5 Å². The highest BCUT2D eigenvalue weighted by molar-refractivity contribution is 7.90. The van der Waals surface area contributed by atoms with Crippen LogP contribution in [-0.4, -0.2) is 50.8 Å². The number of benzene rings is 1. The molecule has 3 rings (SSSR count). The van der Waals surface area contributed by atoms with Crippen molar-refractivity contribution in [3.8, 4) is 0 Å². The van der Waals surface area contributed by atoms with Crippen molar-refractivity contribution in [2.24, 2.45) is 5.92 Å². The highest BCUT2D eigenvalue weighted by Crippen LogP contribution is 2.32. The minimum absolute atomic E-state index is 0.0907. The number of aromatic carboxylic acids is 1. The van der Waals surface area contributed by atoms with Crippen LogP contribution in [0.2, 0.25) is 0 Å². The Labute approximate surface area is 185 Å². The number of halogens is 3. The zero-order valence-electron chi connectivity index (χ0n) is 17.6. The standard InChI is InChI=1S/C19H20F3N5O5S/c1-8(2)14(26-18-23-6-10(17(29)30)15(27-18)19(20,21)22)16-24-11-4-9(7-28)13(33(3,31)32)5-12(11)25-16/h4-6,8,14,28H,7H2,1-3H3,(H,24,25)(H,29,30)(H,23,26,27)/t14-/m1/s1. The predicted octanol–water partition coefficient (Wildman–Crippen LogP) is 2.77. The van der Waals surface area contributed by atoms with E-state index in [4.69, 9.17) is 5.11 Å². The second kappa shape index (κ2) is 8.59. The summed E-state index contributed by atoms with van der Waals surface area (Å²) < 4.78 is 63.9. The number of alkyl halides is 3. The van der Waals surface area contributed by atoms with E-state index in [2.05, 4.69) is 25.3 Å². The number of aromatic amines is 1. The summed E-state index contributed by atoms with van der Waals surface area (Å²) in [4.78, 5) is 25.4. The Balaban J connectivity index is 2.06. The zero-order valence-corrected chi connectivity index (χ0v) is 18.4. The lowest BCUT2D eigenvalue weighted by molar-refractivity contribution is -0.141. The first-order chi connectivity index (χ1) is 15.2. The van der Waals surface area contributed by atoms with E-state index in [0.29, 0.717) is 11.7 Å². The maximum absolute atomic E-state index is 13.3. The minimum Gasteiger partial charge on any atom is -0.478 e. The fourth-order valence-electron chi connectivity index (χ4n) is 3.23. The topological polar surface area (TPSA) is 158 Å². The molecule has 33 heavy (non-hydrogen) atoms. The third-order valence-corrected chi connectivity index (χ3v) is 5.96. The van der Waals surface area contributed by atoms with E-state index in [1.165, 1.54) is 12.1 Å². The van der Waals surface area contributed by atoms with Crippen LogP contribution in [0.3, 0.4) is 0 Å². The first-order valence-corrected chi connectivity index (χ1v) is 11.4. The molecule has 14 heteroatoms. The summed E-state index contributed by atoms with van der Waals surface area (Å²) in [6.07, 6.45) is -3.44. The van der Waals surface area contributed by atoms with E-state index >= 15 is 0 Å². The van der Waals surface area contributed by atoms with Gasteiger partial charge in [0.1, 0.15) is 11.4 Å². The molecule has 0 aliphatic carbocycles. The van der Waals surface area contributed by atoms with Crippen LogP contribution >= 0.6 is 0 Å². The summed E-state index contributed by atoms with van der Waals surface area (Å²) in [6.45, 7) is 2.98. The Bertz CT molecular complexity index is 1320. The number of sulfone groups is 1. The van der Waals surface area contributed by atoms with E-state index in [9.17, 15) is 31.5 Å². The molecule has 0 aliphatic heterocycles. The normalized spacial score (nSPS) is 13.5. The van der Waals surface area contributed by atoms with Gasteiger partial charge in [-0.1, -0.05) is 13.8 Å². The van der Waals surface area contributed by atoms with Crippen LogP contribution in [-0.2, 0) is 22.6 Å². The third kappa shape index (κ3) is 5.06. The van der Waals surface area contributed by atoms with Crippen molar-refractivity contribution in [1.29, 1.82) is 0 Å². The van der Waals surface area contributed by atoms with Crippen LogP contribution in [0.4, 0.5) is 19.1 Å². The number of aliphatic hydroxyl groups excluding tert-OH is 1. The number of carbonyl (C=O) groups is 1. The molecule has 0 amide bonds. The van der Waals surface area contributed by atoms with Crippen LogP contribution < -0.4 is 5.32 Å². The van der Waals surface area contributed by atoms with Crippen molar-refractivity contribution >= 4 is 32.8 Å². The molecule has 2 aromatic heterocycles. The van der Waals surface area contributed by atoms with Gasteiger partial charge in [0, 0.05) is 12.5 Å². The van der Waals surface area contributed by atoms with E-state index in [-0.39, 0.29) is 27.7 Å². The van der Waals surface area contributed by atoms with Gasteiger partial charge in [-0.25, -0.2) is 28.2 Å². The molecule has 1 aromatic carbocycles. The number of H-pyrrole nitrogens is 1. The third-order valence-electron chi connectivity index (χ3n) is 4.79. The van der Waals surface area contributed by atoms with E-state index in [1.54, 1.807) is 13.8 Å². The molecule has 0 unspecified atom stereocenters. The molecule has 4 N–H and O–H groups in total. The Kier molecular flexibility index (Phi) is 6.35. The Hall–Kier alpha value is -3.26. The fourth-order valence-corrected chi connectivity index (χ4v) is 4.16. The molecule has 0 saturated carbocycles. The molecule has 10 nitrogen and oxygen atoms in total. The summed E-state index contributed by atoms with van der Waals surface area (Å²) >= 11 is 0. The molecule has 0 radical (unpaired) electrons. The van der Waals surface area contributed by atoms with Gasteiger partial charge in [-0.05, 0) is 23.6 Å². The maximum Gasteiger partial charge on any atom is 0.434 e. The molecular formula is C19H20F3N5O5S. The lowest BCUT2D eigenvalue weighted by Gasteiger charge is -2.21. The average molecular weight is 487 g/mol. The van der Waals surface area contributed by atoms with Crippen molar-refractivity contribution in [2.45, 2.75) is 37.6 Å². The number of carboxylic acid groups (broad SMARTS) is 1. The highest BCUT2D eigenvalue weighted by Gasteiger charge is 2.38. The minimum atomic E-state index is -5.01. The van der Waals surface area contributed by atoms with Crippen LogP contribution in [0.1, 0.15) is 47.3 Å². The van der Waals surface area contributed by atoms with Gasteiger partial charge in [-0.3, -0.25) is 0 Å². The summed E-state index contributed by atoms with van der Waals surface area (Å²) in [7, 11) is -3.65. The molecule has 1 atom stereocenters. The summed E-state index contributed by atoms with van der Waals surface area (Å²) in [5, 5.41) is 21.3. The quantitative estimate of drug-likeness (QED) is 0.393. The molecule has 2 heterocycles. The van der Waals surface area contributed by atoms with Gasteiger partial charge in [-0.15, -0.1) is 0 Å². The molecular weight excluding hydrogens is 467 g/mol. The monoisotopic (exact) mass is 487 g/mol. The van der Waals surface area contributed by atoms with Crippen molar-refractivity contribution in [1.82, 2.24) is 19.9 Å². The van der Waals surface area contributed by atoms with Crippen LogP contribution in [0, 0.1) is 5.92 Å². The molecule has 0 aliphatic rings. The number of rotatable bonds is 7. The van der Waals surface area contributed by atoms with Gasteiger partial charge in [-0.2, -0.15) is 13.2 Å². The zero-order chi connectivity index (χ0) is 24.7. The largest absolute Gasteiger partial charge is 0.478 e. The highest BCUT2D eigenvalue weighted by atomic mass is 32.2. The lowest BCUT2D eigenvalue weighted by Crippen LogP contribution is -2.22. The van der Waals surface area contributed by atoms with E-state index in [0.717, 1.165) is 6.26 Å². The van der Waals surface area contributed by atoms with E-state index in [1.807, 2.05) is 0 Å². The van der Waals surface area contributed by atoms with Crippen molar-refractivity contribution in [2.75, 3.05) is 11.6 Å².